The van der Waals surface area contributed by atoms with Gasteiger partial charge in [0.05, 0.1) is 30.5 Å². The number of aromatic amines is 1. The lowest BCUT2D eigenvalue weighted by Gasteiger charge is -2.39. The maximum Gasteiger partial charge on any atom is 0.323 e. The average molecular weight is 386 g/mol. The molecule has 1 aliphatic heterocycles. The summed E-state index contributed by atoms with van der Waals surface area (Å²) in [5, 5.41) is 14.7. The number of anilines is 3. The van der Waals surface area contributed by atoms with Gasteiger partial charge in [0, 0.05) is 28.9 Å². The zero-order chi connectivity index (χ0) is 19.9. The SMILES string of the molecule is N#Cc1c[nH]c2cc(NC(=O)Nc3cnc(N4CC(F)(F)C4)c(F)c3)ccc12. The first-order valence-electron chi connectivity index (χ1n) is 8.22. The Labute approximate surface area is 156 Å². The summed E-state index contributed by atoms with van der Waals surface area (Å²) in [7, 11) is 0. The number of halogens is 3. The summed E-state index contributed by atoms with van der Waals surface area (Å²) in [6.45, 7) is -1.17. The van der Waals surface area contributed by atoms with E-state index in [-0.39, 0.29) is 11.5 Å². The number of urea groups is 1. The Balaban J connectivity index is 1.42. The second kappa shape index (κ2) is 6.45. The molecule has 0 saturated carbocycles. The van der Waals surface area contributed by atoms with Gasteiger partial charge in [0.25, 0.3) is 5.92 Å². The Morgan fingerprint density at radius 3 is 2.68 bits per heavy atom. The largest absolute Gasteiger partial charge is 0.360 e. The molecule has 142 valence electrons. The van der Waals surface area contributed by atoms with Gasteiger partial charge >= 0.3 is 6.03 Å². The number of carbonyl (C=O) groups is 1. The summed E-state index contributed by atoms with van der Waals surface area (Å²) >= 11 is 0. The van der Waals surface area contributed by atoms with Gasteiger partial charge in [-0.1, -0.05) is 0 Å². The van der Waals surface area contributed by atoms with Gasteiger partial charge < -0.3 is 20.5 Å². The first-order valence-corrected chi connectivity index (χ1v) is 8.22. The van der Waals surface area contributed by atoms with Gasteiger partial charge in [-0.2, -0.15) is 5.26 Å². The number of aromatic nitrogens is 2. The van der Waals surface area contributed by atoms with Gasteiger partial charge in [0.15, 0.2) is 11.6 Å². The van der Waals surface area contributed by atoms with Crippen LogP contribution >= 0.6 is 0 Å². The lowest BCUT2D eigenvalue weighted by Crippen LogP contribution is -2.57. The van der Waals surface area contributed by atoms with Crippen LogP contribution in [0.5, 0.6) is 0 Å². The molecule has 0 bridgehead atoms. The number of alkyl halides is 2. The van der Waals surface area contributed by atoms with E-state index < -0.39 is 30.9 Å². The van der Waals surface area contributed by atoms with Crippen LogP contribution in [-0.4, -0.2) is 35.0 Å². The molecule has 3 heterocycles. The predicted octanol–water partition coefficient (Wildman–Crippen LogP) is 3.67. The number of nitriles is 1. The van der Waals surface area contributed by atoms with E-state index >= 15 is 0 Å². The molecule has 7 nitrogen and oxygen atoms in total. The van der Waals surface area contributed by atoms with Crippen molar-refractivity contribution in [3.63, 3.8) is 0 Å². The van der Waals surface area contributed by atoms with E-state index in [0.717, 1.165) is 16.4 Å². The number of pyridine rings is 1. The van der Waals surface area contributed by atoms with Gasteiger partial charge in [-0.3, -0.25) is 0 Å². The molecule has 2 amide bonds. The van der Waals surface area contributed by atoms with Crippen LogP contribution in [-0.2, 0) is 0 Å². The molecule has 2 aromatic heterocycles. The fourth-order valence-electron chi connectivity index (χ4n) is 2.98. The smallest absolute Gasteiger partial charge is 0.323 e. The van der Waals surface area contributed by atoms with Crippen molar-refractivity contribution in [1.29, 1.82) is 5.26 Å². The Kier molecular flexibility index (Phi) is 4.07. The Bertz CT molecular complexity index is 1110. The van der Waals surface area contributed by atoms with Crippen LogP contribution in [0.2, 0.25) is 0 Å². The van der Waals surface area contributed by atoms with Crippen molar-refractivity contribution in [3.05, 3.63) is 48.0 Å². The number of amides is 2. The Morgan fingerprint density at radius 1 is 1.25 bits per heavy atom. The maximum atomic E-state index is 14.1. The van der Waals surface area contributed by atoms with Crippen LogP contribution < -0.4 is 15.5 Å². The molecule has 1 aromatic carbocycles. The highest BCUT2D eigenvalue weighted by atomic mass is 19.3. The minimum Gasteiger partial charge on any atom is -0.360 e. The molecule has 4 rings (SSSR count). The van der Waals surface area contributed by atoms with Gasteiger partial charge in [-0.15, -0.1) is 0 Å². The van der Waals surface area contributed by atoms with Crippen molar-refractivity contribution in [3.8, 4) is 6.07 Å². The summed E-state index contributed by atoms with van der Waals surface area (Å²) in [4.78, 5) is 20.0. The number of benzene rings is 1. The van der Waals surface area contributed by atoms with E-state index in [1.54, 1.807) is 24.4 Å². The van der Waals surface area contributed by atoms with Crippen LogP contribution in [0.4, 0.5) is 35.2 Å². The normalized spacial score (nSPS) is 15.0. The number of hydrogen-bond donors (Lipinski definition) is 3. The molecule has 0 radical (unpaired) electrons. The number of rotatable bonds is 3. The molecule has 1 saturated heterocycles. The van der Waals surface area contributed by atoms with Crippen molar-refractivity contribution in [1.82, 2.24) is 9.97 Å². The number of nitrogens with zero attached hydrogens (tertiary/aromatic N) is 3. The van der Waals surface area contributed by atoms with Crippen LogP contribution in [0.25, 0.3) is 10.9 Å². The van der Waals surface area contributed by atoms with Crippen molar-refractivity contribution >= 4 is 34.1 Å². The number of H-pyrrole nitrogens is 1. The number of carbonyl (C=O) groups excluding carboxylic acids is 1. The van der Waals surface area contributed by atoms with Crippen LogP contribution in [0.1, 0.15) is 5.56 Å². The van der Waals surface area contributed by atoms with E-state index in [1.165, 1.54) is 6.20 Å². The van der Waals surface area contributed by atoms with Crippen molar-refractivity contribution in [2.75, 3.05) is 28.6 Å². The van der Waals surface area contributed by atoms with E-state index in [1.807, 2.05) is 0 Å². The Morgan fingerprint density at radius 2 is 2.00 bits per heavy atom. The zero-order valence-electron chi connectivity index (χ0n) is 14.3. The van der Waals surface area contributed by atoms with Crippen molar-refractivity contribution < 1.29 is 18.0 Å². The predicted molar refractivity (Wildman–Crippen MR) is 97.0 cm³/mol. The lowest BCUT2D eigenvalue weighted by molar-refractivity contribution is -0.0270. The van der Waals surface area contributed by atoms with E-state index in [9.17, 15) is 18.0 Å². The second-order valence-electron chi connectivity index (χ2n) is 6.40. The fraction of sp³-hybridized carbons (Fsp3) is 0.167. The first-order chi connectivity index (χ1) is 13.3. The highest BCUT2D eigenvalue weighted by molar-refractivity contribution is 6.01. The monoisotopic (exact) mass is 386 g/mol. The third-order valence-corrected chi connectivity index (χ3v) is 4.28. The molecule has 0 atom stereocenters. The standard InChI is InChI=1S/C18H13F3N6O/c19-14-3-12(7-24-16(14)27-8-18(20,21)9-27)26-17(28)25-11-1-2-13-10(5-22)6-23-15(13)4-11/h1-4,6-7,23H,8-9H2,(H2,25,26,28). The molecular weight excluding hydrogens is 373 g/mol. The minimum atomic E-state index is -2.83. The number of nitrogens with one attached hydrogen (secondary N) is 3. The summed E-state index contributed by atoms with van der Waals surface area (Å²) < 4.78 is 39.9. The van der Waals surface area contributed by atoms with E-state index in [0.29, 0.717) is 16.8 Å². The highest BCUT2D eigenvalue weighted by Crippen LogP contribution is 2.32. The van der Waals surface area contributed by atoms with Gasteiger partial charge in [0.2, 0.25) is 0 Å². The van der Waals surface area contributed by atoms with Gasteiger partial charge in [-0.25, -0.2) is 22.9 Å². The molecule has 28 heavy (non-hydrogen) atoms. The van der Waals surface area contributed by atoms with Crippen LogP contribution in [0, 0.1) is 17.1 Å². The molecule has 0 unspecified atom stereocenters. The van der Waals surface area contributed by atoms with Gasteiger partial charge in [0.1, 0.15) is 6.07 Å². The lowest BCUT2D eigenvalue weighted by atomic mass is 10.1. The van der Waals surface area contributed by atoms with E-state index in [4.69, 9.17) is 5.26 Å². The quantitative estimate of drug-likeness (QED) is 0.640. The summed E-state index contributed by atoms with van der Waals surface area (Å²) in [5.41, 5.74) is 1.72. The van der Waals surface area contributed by atoms with Crippen molar-refractivity contribution in [2.45, 2.75) is 5.92 Å². The number of fused-ring (bicyclic) bond motifs is 1. The summed E-state index contributed by atoms with van der Waals surface area (Å²) in [5.74, 6) is -3.81. The molecule has 10 heteroatoms. The van der Waals surface area contributed by atoms with Crippen LogP contribution in [0.3, 0.4) is 0 Å². The average Bonchev–Trinajstić information content (AvgIpc) is 3.02. The second-order valence-corrected chi connectivity index (χ2v) is 6.40. The number of hydrogen-bond acceptors (Lipinski definition) is 4. The van der Waals surface area contributed by atoms with Crippen LogP contribution in [0.15, 0.2) is 36.7 Å². The summed E-state index contributed by atoms with van der Waals surface area (Å²) in [6.07, 6.45) is 2.76. The van der Waals surface area contributed by atoms with E-state index in [2.05, 4.69) is 26.7 Å². The molecule has 0 spiro atoms. The molecule has 3 N–H and O–H groups in total. The molecular formula is C18H13F3N6O. The third kappa shape index (κ3) is 3.29. The fourth-order valence-corrected chi connectivity index (χ4v) is 2.98. The summed E-state index contributed by atoms with van der Waals surface area (Å²) in [6, 6.07) is 7.42. The molecule has 3 aromatic rings. The molecule has 1 aliphatic rings. The third-order valence-electron chi connectivity index (χ3n) is 4.28. The molecule has 0 aliphatic carbocycles. The topological polar surface area (TPSA) is 96.8 Å². The van der Waals surface area contributed by atoms with Crippen molar-refractivity contribution in [2.24, 2.45) is 0 Å². The minimum absolute atomic E-state index is 0.0822. The Hall–Kier alpha value is -3.74. The maximum absolute atomic E-state index is 14.1. The highest BCUT2D eigenvalue weighted by Gasteiger charge is 2.45. The zero-order valence-corrected chi connectivity index (χ0v) is 14.3. The van der Waals surface area contributed by atoms with Gasteiger partial charge in [-0.05, 0) is 18.2 Å². The molecule has 1 fully saturated rings. The first kappa shape index (κ1) is 17.7.